The van der Waals surface area contributed by atoms with Crippen molar-refractivity contribution in [1.29, 1.82) is 0 Å². The maximum Gasteiger partial charge on any atom is 0.416 e. The number of amides is 2. The Morgan fingerprint density at radius 2 is 1.51 bits per heavy atom. The Balaban J connectivity index is 1.78. The summed E-state index contributed by atoms with van der Waals surface area (Å²) >= 11 is 0. The maximum atomic E-state index is 13.0. The van der Waals surface area contributed by atoms with Gasteiger partial charge in [0.2, 0.25) is 0 Å². The number of rotatable bonds is 8. The lowest BCUT2D eigenvalue weighted by molar-refractivity contribution is -0.138. The van der Waals surface area contributed by atoms with Gasteiger partial charge in [0.1, 0.15) is 10.6 Å². The largest absolute Gasteiger partial charge is 0.416 e. The molecular weight excluding hydrogens is 550 g/mol. The van der Waals surface area contributed by atoms with Crippen LogP contribution in [-0.4, -0.2) is 25.4 Å². The quantitative estimate of drug-likeness (QED) is 0.226. The van der Waals surface area contributed by atoms with E-state index in [1.54, 1.807) is 13.0 Å². The van der Waals surface area contributed by atoms with Crippen LogP contribution in [0.1, 0.15) is 37.0 Å². The van der Waals surface area contributed by atoms with Crippen LogP contribution in [0.2, 0.25) is 0 Å². The van der Waals surface area contributed by atoms with Crippen LogP contribution in [0.3, 0.4) is 0 Å². The highest BCUT2D eigenvalue weighted by atomic mass is 32.2. The molecule has 2 amide bonds. The van der Waals surface area contributed by atoms with Gasteiger partial charge < -0.3 is 14.4 Å². The molecule has 0 spiro atoms. The van der Waals surface area contributed by atoms with Gasteiger partial charge in [-0.3, -0.25) is 0 Å². The molecule has 3 aromatic rings. The molecule has 3 rings (SSSR count). The fourth-order valence-electron chi connectivity index (χ4n) is 3.48. The van der Waals surface area contributed by atoms with Crippen molar-refractivity contribution in [1.82, 2.24) is 4.90 Å². The number of urea groups is 1. The minimum atomic E-state index is -4.74. The van der Waals surface area contributed by atoms with Gasteiger partial charge in [0.25, 0.3) is 0 Å². The fourth-order valence-corrected chi connectivity index (χ4v) is 4.45. The molecule has 6 nitrogen and oxygen atoms in total. The molecule has 210 valence electrons. The normalized spacial score (nSPS) is 13.0. The number of nitrogens with one attached hydrogen (secondary N) is 1. The number of anilines is 1. The first-order valence-corrected chi connectivity index (χ1v) is 13.0. The van der Waals surface area contributed by atoms with Gasteiger partial charge in [-0.25, -0.2) is 4.79 Å². The summed E-state index contributed by atoms with van der Waals surface area (Å²) in [5, 5.41) is 2.55. The lowest BCUT2D eigenvalue weighted by atomic mass is 10.1. The van der Waals surface area contributed by atoms with Crippen molar-refractivity contribution in [2.75, 3.05) is 5.32 Å². The van der Waals surface area contributed by atoms with Gasteiger partial charge in [0.15, 0.2) is 0 Å². The van der Waals surface area contributed by atoms with Crippen molar-refractivity contribution >= 4 is 21.8 Å². The number of carbonyl (C=O) groups is 1. The van der Waals surface area contributed by atoms with Crippen molar-refractivity contribution in [3.8, 4) is 5.75 Å². The lowest BCUT2D eigenvalue weighted by Gasteiger charge is -2.29. The highest BCUT2D eigenvalue weighted by molar-refractivity contribution is 7.87. The highest BCUT2D eigenvalue weighted by Crippen LogP contribution is 2.32. The molecule has 0 aliphatic heterocycles. The minimum Gasteiger partial charge on any atom is -0.379 e. The van der Waals surface area contributed by atoms with Crippen LogP contribution in [0, 0.1) is 0 Å². The van der Waals surface area contributed by atoms with Crippen LogP contribution in [0.4, 0.5) is 36.8 Å². The number of halogens is 6. The average molecular weight is 575 g/mol. The SMILES string of the molecule is CCC(C)N(Cc1cccc(OS(=O)(=O)c2cccc(C(F)(F)F)c2)c1)C(=O)Nc1ccc(C(F)(F)F)cc1. The third-order valence-electron chi connectivity index (χ3n) is 5.75. The zero-order valence-electron chi connectivity index (χ0n) is 20.7. The number of nitrogens with zero attached hydrogens (tertiary/aromatic N) is 1. The zero-order chi connectivity index (χ0) is 29.0. The second-order valence-electron chi connectivity index (χ2n) is 8.60. The van der Waals surface area contributed by atoms with E-state index in [0.717, 1.165) is 42.5 Å². The second kappa shape index (κ2) is 11.6. The van der Waals surface area contributed by atoms with Crippen molar-refractivity contribution < 1.29 is 43.7 Å². The van der Waals surface area contributed by atoms with E-state index in [1.807, 2.05) is 6.92 Å². The van der Waals surface area contributed by atoms with Gasteiger partial charge in [0, 0.05) is 18.3 Å². The van der Waals surface area contributed by atoms with Crippen LogP contribution < -0.4 is 9.50 Å². The first kappa shape index (κ1) is 29.8. The Morgan fingerprint density at radius 3 is 2.10 bits per heavy atom. The van der Waals surface area contributed by atoms with E-state index < -0.39 is 44.5 Å². The van der Waals surface area contributed by atoms with Gasteiger partial charge in [0.05, 0.1) is 11.1 Å². The monoisotopic (exact) mass is 574 g/mol. The first-order valence-electron chi connectivity index (χ1n) is 11.6. The number of hydrogen-bond acceptors (Lipinski definition) is 4. The molecular formula is C26H24F6N2O4S. The zero-order valence-corrected chi connectivity index (χ0v) is 21.5. The molecule has 0 aliphatic carbocycles. The Hall–Kier alpha value is -3.74. The van der Waals surface area contributed by atoms with Crippen LogP contribution in [0.15, 0.2) is 77.7 Å². The summed E-state index contributed by atoms with van der Waals surface area (Å²) in [4.78, 5) is 13.7. The van der Waals surface area contributed by atoms with E-state index >= 15 is 0 Å². The number of carbonyl (C=O) groups excluding carboxylic acids is 1. The highest BCUT2D eigenvalue weighted by Gasteiger charge is 2.32. The van der Waals surface area contributed by atoms with Crippen LogP contribution in [0.25, 0.3) is 0 Å². The summed E-state index contributed by atoms with van der Waals surface area (Å²) in [6.07, 6.45) is -8.74. The molecule has 1 N–H and O–H groups in total. The topological polar surface area (TPSA) is 75.7 Å². The summed E-state index contributed by atoms with van der Waals surface area (Å²) in [6, 6.07) is 11.8. The molecule has 0 saturated carbocycles. The van der Waals surface area contributed by atoms with E-state index in [4.69, 9.17) is 4.18 Å². The molecule has 39 heavy (non-hydrogen) atoms. The van der Waals surface area contributed by atoms with Gasteiger partial charge in [-0.1, -0.05) is 25.1 Å². The average Bonchev–Trinajstić information content (AvgIpc) is 2.86. The summed E-state index contributed by atoms with van der Waals surface area (Å²) < 4.78 is 108. The van der Waals surface area contributed by atoms with Crippen LogP contribution in [-0.2, 0) is 29.0 Å². The van der Waals surface area contributed by atoms with Crippen molar-refractivity contribution in [3.05, 3.63) is 89.5 Å². The van der Waals surface area contributed by atoms with Gasteiger partial charge in [-0.2, -0.15) is 34.8 Å². The number of benzene rings is 3. The molecule has 0 aliphatic rings. The Bertz CT molecular complexity index is 1410. The molecule has 1 unspecified atom stereocenters. The standard InChI is InChI=1S/C26H24F6N2O4S/c1-3-17(2)34(24(35)33-21-12-10-19(11-13-21)25(27,28)29)16-18-6-4-8-22(14-18)38-39(36,37)23-9-5-7-20(15-23)26(30,31)32/h4-15,17H,3,16H2,1-2H3,(H,33,35). The van der Waals surface area contributed by atoms with Crippen molar-refractivity contribution in [2.45, 2.75) is 50.1 Å². The van der Waals surface area contributed by atoms with E-state index in [0.29, 0.717) is 18.1 Å². The van der Waals surface area contributed by atoms with Gasteiger partial charge >= 0.3 is 28.5 Å². The van der Waals surface area contributed by atoms with E-state index in [2.05, 4.69) is 5.32 Å². The Labute approximate surface area is 221 Å². The number of hydrogen-bond donors (Lipinski definition) is 1. The lowest BCUT2D eigenvalue weighted by Crippen LogP contribution is -2.40. The van der Waals surface area contributed by atoms with Crippen molar-refractivity contribution in [3.63, 3.8) is 0 Å². The van der Waals surface area contributed by atoms with E-state index in [1.165, 1.54) is 23.1 Å². The van der Waals surface area contributed by atoms with E-state index in [-0.39, 0.29) is 24.0 Å². The Kier molecular flexibility index (Phi) is 8.84. The molecule has 0 radical (unpaired) electrons. The summed E-state index contributed by atoms with van der Waals surface area (Å²) in [5.41, 5.74) is -1.43. The molecule has 1 atom stereocenters. The van der Waals surface area contributed by atoms with E-state index in [9.17, 15) is 39.6 Å². The third kappa shape index (κ3) is 7.88. The molecule has 0 bridgehead atoms. The predicted octanol–water partition coefficient (Wildman–Crippen LogP) is 7.32. The first-order chi connectivity index (χ1) is 18.1. The number of alkyl halides is 6. The summed E-state index contributed by atoms with van der Waals surface area (Å²) in [5.74, 6) is -0.183. The molecule has 0 aromatic heterocycles. The van der Waals surface area contributed by atoms with Gasteiger partial charge in [-0.15, -0.1) is 0 Å². The van der Waals surface area contributed by atoms with Crippen molar-refractivity contribution in [2.24, 2.45) is 0 Å². The van der Waals surface area contributed by atoms with Crippen LogP contribution >= 0.6 is 0 Å². The smallest absolute Gasteiger partial charge is 0.379 e. The minimum absolute atomic E-state index is 0.0255. The second-order valence-corrected chi connectivity index (χ2v) is 10.1. The predicted molar refractivity (Wildman–Crippen MR) is 131 cm³/mol. The van der Waals surface area contributed by atoms with Crippen LogP contribution in [0.5, 0.6) is 5.75 Å². The maximum absolute atomic E-state index is 13.0. The molecule has 3 aromatic carbocycles. The van der Waals surface area contributed by atoms with Gasteiger partial charge in [-0.05, 0) is 73.5 Å². The molecule has 13 heteroatoms. The molecule has 0 heterocycles. The molecule has 0 fully saturated rings. The third-order valence-corrected chi connectivity index (χ3v) is 7.00. The fraction of sp³-hybridized carbons (Fsp3) is 0.269. The summed E-state index contributed by atoms with van der Waals surface area (Å²) in [6.45, 7) is 3.55. The summed E-state index contributed by atoms with van der Waals surface area (Å²) in [7, 11) is -4.61. The molecule has 0 saturated heterocycles. The Morgan fingerprint density at radius 1 is 0.897 bits per heavy atom.